The maximum atomic E-state index is 4.24. The predicted octanol–water partition coefficient (Wildman–Crippen LogP) is 2.44. The van der Waals surface area contributed by atoms with Gasteiger partial charge in [-0.25, -0.2) is 4.98 Å². The molecule has 90 valence electrons. The number of amidine groups is 1. The van der Waals surface area contributed by atoms with E-state index in [1.54, 1.807) is 25.5 Å². The fourth-order valence-electron chi connectivity index (χ4n) is 1.41. The Hall–Kier alpha value is -2.10. The largest absolute Gasteiger partial charge is 0.334 e. The first kappa shape index (κ1) is 13.0. The minimum Gasteiger partial charge on any atom is -0.334 e. The van der Waals surface area contributed by atoms with Crippen molar-refractivity contribution in [2.75, 3.05) is 7.05 Å². The zero-order chi connectivity index (χ0) is 12.8. The summed E-state index contributed by atoms with van der Waals surface area (Å²) in [5.74, 6) is 1.70. The van der Waals surface area contributed by atoms with Gasteiger partial charge in [-0.2, -0.15) is 0 Å². The lowest BCUT2D eigenvalue weighted by molar-refractivity contribution is 0.713. The summed E-state index contributed by atoms with van der Waals surface area (Å²) in [6, 6.07) is 0. The molecule has 17 heavy (non-hydrogen) atoms. The number of rotatable bonds is 4. The van der Waals surface area contributed by atoms with Gasteiger partial charge in [-0.1, -0.05) is 13.2 Å². The number of hydrogen-bond donors (Lipinski definition) is 0. The number of imidazole rings is 1. The fourth-order valence-corrected chi connectivity index (χ4v) is 1.41. The summed E-state index contributed by atoms with van der Waals surface area (Å²) in [6.45, 7) is 9.50. The molecule has 0 bridgehead atoms. The molecule has 0 N–H and O–H groups in total. The van der Waals surface area contributed by atoms with Crippen molar-refractivity contribution in [2.24, 2.45) is 12.0 Å². The van der Waals surface area contributed by atoms with Crippen LogP contribution >= 0.6 is 0 Å². The highest BCUT2D eigenvalue weighted by Crippen LogP contribution is 2.12. The number of allylic oxidation sites excluding steroid dienone is 1. The van der Waals surface area contributed by atoms with E-state index in [-0.39, 0.29) is 0 Å². The Kier molecular flexibility index (Phi) is 4.46. The van der Waals surface area contributed by atoms with E-state index in [9.17, 15) is 0 Å². The Bertz CT molecular complexity index is 466. The van der Waals surface area contributed by atoms with Gasteiger partial charge >= 0.3 is 0 Å². The minimum absolute atomic E-state index is 0.848. The van der Waals surface area contributed by atoms with Gasteiger partial charge in [0.15, 0.2) is 0 Å². The Morgan fingerprint density at radius 3 is 2.65 bits per heavy atom. The molecule has 0 aliphatic rings. The van der Waals surface area contributed by atoms with Crippen LogP contribution in [0.25, 0.3) is 6.08 Å². The zero-order valence-electron chi connectivity index (χ0n) is 10.6. The zero-order valence-corrected chi connectivity index (χ0v) is 10.6. The summed E-state index contributed by atoms with van der Waals surface area (Å²) >= 11 is 0. The summed E-state index contributed by atoms with van der Waals surface area (Å²) in [4.78, 5) is 10.2. The standard InChI is InChI=1S/C13H18N4/c1-6-12(17(7-2)11(3)14-4)10-13-15-8-9-16(13)5/h6-10H,1-2H2,3-5H3/b12-10+,14-11?. The lowest BCUT2D eigenvalue weighted by Crippen LogP contribution is -2.21. The molecule has 0 radical (unpaired) electrons. The highest BCUT2D eigenvalue weighted by molar-refractivity contribution is 5.83. The second-order valence-corrected chi connectivity index (χ2v) is 3.49. The summed E-state index contributed by atoms with van der Waals surface area (Å²) in [7, 11) is 3.69. The second-order valence-electron chi connectivity index (χ2n) is 3.49. The minimum atomic E-state index is 0.848. The SMILES string of the molecule is C=C/C(=C\c1nccn1C)N(C=C)C(C)=NC. The van der Waals surface area contributed by atoms with Gasteiger partial charge in [0, 0.05) is 44.5 Å². The molecule has 0 atom stereocenters. The molecule has 1 heterocycles. The lowest BCUT2D eigenvalue weighted by Gasteiger charge is -2.20. The number of hydrogen-bond acceptors (Lipinski definition) is 2. The molecule has 0 unspecified atom stereocenters. The fraction of sp³-hybridized carbons (Fsp3) is 0.231. The lowest BCUT2D eigenvalue weighted by atomic mass is 10.3. The van der Waals surface area contributed by atoms with Crippen molar-refractivity contribution in [3.8, 4) is 0 Å². The van der Waals surface area contributed by atoms with Gasteiger partial charge in [-0.15, -0.1) is 0 Å². The van der Waals surface area contributed by atoms with Crippen LogP contribution in [0.3, 0.4) is 0 Å². The summed E-state index contributed by atoms with van der Waals surface area (Å²) in [5, 5.41) is 0. The molecule has 1 aromatic rings. The van der Waals surface area contributed by atoms with Crippen LogP contribution in [0.2, 0.25) is 0 Å². The maximum absolute atomic E-state index is 4.24. The summed E-state index contributed by atoms with van der Waals surface area (Å²) in [5.41, 5.74) is 0.886. The van der Waals surface area contributed by atoms with Gasteiger partial charge in [0.25, 0.3) is 0 Å². The van der Waals surface area contributed by atoms with Crippen molar-refractivity contribution in [3.05, 3.63) is 49.3 Å². The van der Waals surface area contributed by atoms with E-state index >= 15 is 0 Å². The molecule has 1 rings (SSSR count). The topological polar surface area (TPSA) is 33.4 Å². The van der Waals surface area contributed by atoms with Crippen LogP contribution in [0.15, 0.2) is 48.5 Å². The molecule has 0 amide bonds. The first-order valence-corrected chi connectivity index (χ1v) is 5.30. The normalized spacial score (nSPS) is 12.4. The maximum Gasteiger partial charge on any atom is 0.134 e. The van der Waals surface area contributed by atoms with Crippen LogP contribution in [-0.4, -0.2) is 27.3 Å². The first-order valence-electron chi connectivity index (χ1n) is 5.30. The van der Waals surface area contributed by atoms with E-state index in [0.717, 1.165) is 17.4 Å². The van der Waals surface area contributed by atoms with Gasteiger partial charge in [-0.05, 0) is 13.0 Å². The smallest absolute Gasteiger partial charge is 0.134 e. The van der Waals surface area contributed by atoms with Gasteiger partial charge in [-0.3, -0.25) is 4.99 Å². The molecule has 0 aliphatic carbocycles. The molecule has 4 nitrogen and oxygen atoms in total. The molecule has 0 saturated heterocycles. The number of aromatic nitrogens is 2. The van der Waals surface area contributed by atoms with Crippen LogP contribution < -0.4 is 0 Å². The molecule has 1 aromatic heterocycles. The Morgan fingerprint density at radius 1 is 1.53 bits per heavy atom. The molecule has 4 heteroatoms. The number of nitrogens with zero attached hydrogens (tertiary/aromatic N) is 4. The van der Waals surface area contributed by atoms with Crippen molar-refractivity contribution in [1.29, 1.82) is 0 Å². The average molecular weight is 230 g/mol. The van der Waals surface area contributed by atoms with Gasteiger partial charge in [0.05, 0.1) is 0 Å². The Balaban J connectivity index is 3.14. The quantitative estimate of drug-likeness (QED) is 0.452. The highest BCUT2D eigenvalue weighted by atomic mass is 15.2. The van der Waals surface area contributed by atoms with Gasteiger partial charge in [0.1, 0.15) is 11.7 Å². The van der Waals surface area contributed by atoms with Crippen molar-refractivity contribution < 1.29 is 0 Å². The molecule has 0 aromatic carbocycles. The third-order valence-corrected chi connectivity index (χ3v) is 2.48. The van der Waals surface area contributed by atoms with E-state index in [0.29, 0.717) is 0 Å². The third-order valence-electron chi connectivity index (χ3n) is 2.48. The van der Waals surface area contributed by atoms with Crippen molar-refractivity contribution in [2.45, 2.75) is 6.92 Å². The van der Waals surface area contributed by atoms with E-state index in [1.807, 2.05) is 35.7 Å². The molecular formula is C13H18N4. The Labute approximate surface area is 102 Å². The molecule has 0 saturated carbocycles. The van der Waals surface area contributed by atoms with E-state index in [2.05, 4.69) is 23.1 Å². The molecule has 0 aliphatic heterocycles. The van der Waals surface area contributed by atoms with E-state index in [1.165, 1.54) is 0 Å². The second kappa shape index (κ2) is 5.84. The average Bonchev–Trinajstić information content (AvgIpc) is 2.74. The van der Waals surface area contributed by atoms with Crippen molar-refractivity contribution in [3.63, 3.8) is 0 Å². The van der Waals surface area contributed by atoms with Gasteiger partial charge < -0.3 is 9.47 Å². The van der Waals surface area contributed by atoms with E-state index < -0.39 is 0 Å². The molecular weight excluding hydrogens is 212 g/mol. The summed E-state index contributed by atoms with van der Waals surface area (Å²) < 4.78 is 1.93. The Morgan fingerprint density at radius 2 is 2.24 bits per heavy atom. The monoisotopic (exact) mass is 230 g/mol. The van der Waals surface area contributed by atoms with Crippen molar-refractivity contribution in [1.82, 2.24) is 14.5 Å². The van der Waals surface area contributed by atoms with Crippen LogP contribution in [0.4, 0.5) is 0 Å². The molecule has 0 spiro atoms. The van der Waals surface area contributed by atoms with E-state index in [4.69, 9.17) is 0 Å². The highest BCUT2D eigenvalue weighted by Gasteiger charge is 2.07. The summed E-state index contributed by atoms with van der Waals surface area (Å²) in [6.07, 6.45) is 9.05. The van der Waals surface area contributed by atoms with Crippen molar-refractivity contribution >= 4 is 11.9 Å². The molecule has 0 fully saturated rings. The van der Waals surface area contributed by atoms with Crippen LogP contribution in [-0.2, 0) is 7.05 Å². The van der Waals surface area contributed by atoms with Crippen LogP contribution in [0.5, 0.6) is 0 Å². The number of aliphatic imine (C=N–C) groups is 1. The predicted molar refractivity (Wildman–Crippen MR) is 72.5 cm³/mol. The first-order chi connectivity index (χ1) is 8.13. The number of aryl methyl sites for hydroxylation is 1. The van der Waals surface area contributed by atoms with Crippen LogP contribution in [0, 0.1) is 0 Å². The van der Waals surface area contributed by atoms with Crippen LogP contribution in [0.1, 0.15) is 12.7 Å². The van der Waals surface area contributed by atoms with Gasteiger partial charge in [0.2, 0.25) is 0 Å². The third kappa shape index (κ3) is 2.93.